The van der Waals surface area contributed by atoms with Crippen molar-refractivity contribution >= 4 is 24.0 Å². The number of benzene rings is 1. The third kappa shape index (κ3) is 15.0. The lowest BCUT2D eigenvalue weighted by Crippen LogP contribution is -2.40. The Kier molecular flexibility index (Phi) is 15.3. The first-order valence-corrected chi connectivity index (χ1v) is 14.5. The van der Waals surface area contributed by atoms with E-state index >= 15 is 0 Å². The van der Waals surface area contributed by atoms with Gasteiger partial charge in [-0.2, -0.15) is 26.3 Å². The normalized spacial score (nSPS) is 21.0. The summed E-state index contributed by atoms with van der Waals surface area (Å²) in [7, 11) is 1.77. The number of alkyl halides is 6. The van der Waals surface area contributed by atoms with Crippen LogP contribution in [0.2, 0.25) is 0 Å². The third-order valence-corrected chi connectivity index (χ3v) is 7.31. The number of carboxylic acid groups (broad SMARTS) is 3. The van der Waals surface area contributed by atoms with Gasteiger partial charge in [-0.15, -0.1) is 0 Å². The molecule has 260 valence electrons. The molecule has 4 rings (SSSR count). The summed E-state index contributed by atoms with van der Waals surface area (Å²) in [5.41, 5.74) is 3.88. The highest BCUT2D eigenvalue weighted by molar-refractivity contribution is 5.85. The number of hydrogen-bond acceptors (Lipinski definition) is 7. The number of ether oxygens (including phenoxy) is 1. The van der Waals surface area contributed by atoms with Crippen LogP contribution < -0.4 is 10.6 Å². The van der Waals surface area contributed by atoms with E-state index in [1.807, 2.05) is 6.07 Å². The Bertz CT molecular complexity index is 1290. The van der Waals surface area contributed by atoms with Crippen LogP contribution in [0.15, 0.2) is 54.2 Å². The van der Waals surface area contributed by atoms with Gasteiger partial charge in [-0.3, -0.25) is 0 Å². The van der Waals surface area contributed by atoms with E-state index in [0.717, 1.165) is 38.0 Å². The van der Waals surface area contributed by atoms with E-state index < -0.39 is 30.3 Å². The second-order valence-electron chi connectivity index (χ2n) is 10.9. The number of pyridine rings is 1. The highest BCUT2D eigenvalue weighted by atomic mass is 19.4. The summed E-state index contributed by atoms with van der Waals surface area (Å²) in [4.78, 5) is 32.7. The summed E-state index contributed by atoms with van der Waals surface area (Å²) in [6.07, 6.45) is 0.746. The lowest BCUT2D eigenvalue weighted by molar-refractivity contribution is -0.193. The molecule has 2 atom stereocenters. The number of rotatable bonds is 11. The fourth-order valence-electron chi connectivity index (χ4n) is 4.82. The molecule has 47 heavy (non-hydrogen) atoms. The lowest BCUT2D eigenvalue weighted by Gasteiger charge is -2.30. The minimum absolute atomic E-state index is 0.0905. The van der Waals surface area contributed by atoms with E-state index in [1.54, 1.807) is 19.4 Å². The molecule has 0 spiro atoms. The first-order chi connectivity index (χ1) is 22.0. The number of carboxylic acids is 3. The maximum Gasteiger partial charge on any atom is 0.490 e. The van der Waals surface area contributed by atoms with Crippen molar-refractivity contribution in [1.82, 2.24) is 15.6 Å². The van der Waals surface area contributed by atoms with E-state index in [0.29, 0.717) is 24.0 Å². The Labute approximate surface area is 266 Å². The molecule has 2 aliphatic rings. The molecular weight excluding hydrogens is 640 g/mol. The van der Waals surface area contributed by atoms with Crippen molar-refractivity contribution < 1.29 is 60.8 Å². The van der Waals surface area contributed by atoms with Gasteiger partial charge in [-0.05, 0) is 61.6 Å². The number of nitrogens with one attached hydrogen (secondary N) is 2. The maximum atomic E-state index is 10.9. The summed E-state index contributed by atoms with van der Waals surface area (Å²) in [5.74, 6) is -5.88. The molecule has 5 N–H and O–H groups in total. The van der Waals surface area contributed by atoms with Crippen molar-refractivity contribution in [2.24, 2.45) is 5.92 Å². The van der Waals surface area contributed by atoms with E-state index in [-0.39, 0.29) is 5.69 Å². The second-order valence-corrected chi connectivity index (χ2v) is 10.9. The van der Waals surface area contributed by atoms with Gasteiger partial charge < -0.3 is 30.7 Å². The summed E-state index contributed by atoms with van der Waals surface area (Å²) in [6.45, 7) is 1.50. The number of carbonyl (C=O) groups is 3. The monoisotopic (exact) mass is 677 g/mol. The number of methoxy groups -OCH3 is 1. The predicted octanol–water partition coefficient (Wildman–Crippen LogP) is 5.55. The van der Waals surface area contributed by atoms with Crippen LogP contribution in [0.3, 0.4) is 0 Å². The van der Waals surface area contributed by atoms with Crippen molar-refractivity contribution in [3.63, 3.8) is 0 Å². The van der Waals surface area contributed by atoms with E-state index in [2.05, 4.69) is 52.0 Å². The summed E-state index contributed by atoms with van der Waals surface area (Å²) >= 11 is 0. The van der Waals surface area contributed by atoms with Crippen LogP contribution in [0.4, 0.5) is 26.3 Å². The average Bonchev–Trinajstić information content (AvgIpc) is 3.78. The molecule has 1 aromatic heterocycles. The van der Waals surface area contributed by atoms with Gasteiger partial charge >= 0.3 is 30.3 Å². The van der Waals surface area contributed by atoms with Gasteiger partial charge in [-0.25, -0.2) is 19.4 Å². The van der Waals surface area contributed by atoms with E-state index in [9.17, 15) is 31.1 Å². The van der Waals surface area contributed by atoms with Crippen LogP contribution in [0.1, 0.15) is 60.1 Å². The van der Waals surface area contributed by atoms with E-state index in [4.69, 9.17) is 29.6 Å². The number of aliphatic carboxylic acids is 2. The standard InChI is InChI=1S/C27H35N3O3.2C2HF3O2/c1-33-14-13-21(15-19-5-3-2-4-6-19)24-16-26(24)30-23-10-8-22(9-11-23)28-17-20-7-12-25(27(31)32)29-18-20;2*3-2(4,5)1(6)7/h2-7,12,15,18,22-24,26,28,30H,8-11,13-14,16-17H2,1H3,(H,31,32);2*(H,6,7)/b21-15+;;/t22-,23-,24-,26+;;/m0../s1. The fraction of sp³-hybridized carbons (Fsp3) is 0.484. The molecule has 1 heterocycles. The molecule has 2 fully saturated rings. The maximum absolute atomic E-state index is 10.9. The SMILES string of the molecule is COCC/C(=C\c1ccccc1)[C@@H]1C[C@H]1N[C@H]1CC[C@H](NCc2ccc(C(=O)O)nc2)CC1.O=C(O)C(F)(F)F.O=C(O)C(F)(F)F. The molecule has 10 nitrogen and oxygen atoms in total. The molecule has 2 aromatic rings. The van der Waals surface area contributed by atoms with Gasteiger partial charge in [-0.1, -0.05) is 48.0 Å². The van der Waals surface area contributed by atoms with Crippen LogP contribution in [-0.2, 0) is 20.9 Å². The van der Waals surface area contributed by atoms with Crippen molar-refractivity contribution in [3.05, 3.63) is 71.1 Å². The van der Waals surface area contributed by atoms with Crippen molar-refractivity contribution in [2.45, 2.75) is 75.5 Å². The smallest absolute Gasteiger partial charge is 0.477 e. The quantitative estimate of drug-likeness (QED) is 0.191. The predicted molar refractivity (Wildman–Crippen MR) is 157 cm³/mol. The summed E-state index contributed by atoms with van der Waals surface area (Å²) < 4.78 is 68.8. The zero-order chi connectivity index (χ0) is 35.2. The molecule has 0 radical (unpaired) electrons. The van der Waals surface area contributed by atoms with Crippen molar-refractivity contribution in [2.75, 3.05) is 13.7 Å². The highest BCUT2D eigenvalue weighted by Crippen LogP contribution is 2.41. The second kappa shape index (κ2) is 18.4. The number of aromatic nitrogens is 1. The molecule has 2 saturated carbocycles. The van der Waals surface area contributed by atoms with Crippen LogP contribution >= 0.6 is 0 Å². The lowest BCUT2D eigenvalue weighted by atomic mass is 9.91. The Morgan fingerprint density at radius 2 is 1.45 bits per heavy atom. The third-order valence-electron chi connectivity index (χ3n) is 7.31. The molecule has 0 amide bonds. The van der Waals surface area contributed by atoms with Crippen LogP contribution in [-0.4, -0.2) is 82.4 Å². The fourth-order valence-corrected chi connectivity index (χ4v) is 4.82. The van der Waals surface area contributed by atoms with Crippen LogP contribution in [0.5, 0.6) is 0 Å². The van der Waals surface area contributed by atoms with Gasteiger partial charge in [0.05, 0.1) is 0 Å². The van der Waals surface area contributed by atoms with Crippen molar-refractivity contribution in [1.29, 1.82) is 0 Å². The Morgan fingerprint density at radius 1 is 0.894 bits per heavy atom. The molecule has 16 heteroatoms. The van der Waals surface area contributed by atoms with Crippen LogP contribution in [0.25, 0.3) is 6.08 Å². The largest absolute Gasteiger partial charge is 0.490 e. The van der Waals surface area contributed by atoms with Gasteiger partial charge in [0.2, 0.25) is 0 Å². The Hall–Kier alpha value is -4.02. The van der Waals surface area contributed by atoms with Crippen molar-refractivity contribution in [3.8, 4) is 0 Å². The molecule has 0 saturated heterocycles. The first-order valence-electron chi connectivity index (χ1n) is 14.5. The topological polar surface area (TPSA) is 158 Å². The number of hydrogen-bond donors (Lipinski definition) is 5. The Morgan fingerprint density at radius 3 is 1.91 bits per heavy atom. The van der Waals surface area contributed by atoms with Gasteiger partial charge in [0.15, 0.2) is 0 Å². The number of halogens is 6. The first kappa shape index (κ1) is 39.2. The molecule has 2 aliphatic carbocycles. The minimum Gasteiger partial charge on any atom is -0.477 e. The Balaban J connectivity index is 0.000000459. The minimum atomic E-state index is -5.08. The summed E-state index contributed by atoms with van der Waals surface area (Å²) in [5, 5.41) is 30.7. The molecule has 0 unspecified atom stereocenters. The zero-order valence-corrected chi connectivity index (χ0v) is 25.4. The van der Waals surface area contributed by atoms with Gasteiger partial charge in [0.1, 0.15) is 5.69 Å². The zero-order valence-electron chi connectivity index (χ0n) is 25.4. The van der Waals surface area contributed by atoms with Crippen LogP contribution in [0, 0.1) is 5.92 Å². The molecular formula is C31H37F6N3O7. The molecule has 0 bridgehead atoms. The summed E-state index contributed by atoms with van der Waals surface area (Å²) in [6, 6.07) is 15.7. The van der Waals surface area contributed by atoms with Gasteiger partial charge in [0.25, 0.3) is 0 Å². The van der Waals surface area contributed by atoms with E-state index in [1.165, 1.54) is 30.4 Å². The highest BCUT2D eigenvalue weighted by Gasteiger charge is 2.41. The molecule has 0 aliphatic heterocycles. The average molecular weight is 678 g/mol. The van der Waals surface area contributed by atoms with Gasteiger partial charge in [0, 0.05) is 44.6 Å². The molecule has 1 aromatic carbocycles. The number of aromatic carboxylic acids is 1. The number of nitrogens with zero attached hydrogens (tertiary/aromatic N) is 1.